The summed E-state index contributed by atoms with van der Waals surface area (Å²) in [5.41, 5.74) is 0.684. The molecule has 0 aliphatic heterocycles. The van der Waals surface area contributed by atoms with Crippen molar-refractivity contribution in [3.63, 3.8) is 0 Å². The van der Waals surface area contributed by atoms with Gasteiger partial charge in [-0.3, -0.25) is 0 Å². The minimum atomic E-state index is 0.305. The van der Waals surface area contributed by atoms with Crippen LogP contribution < -0.4 is 0 Å². The summed E-state index contributed by atoms with van der Waals surface area (Å²) in [6.07, 6.45) is 1.26. The van der Waals surface area contributed by atoms with Gasteiger partial charge in [-0.2, -0.15) is 12.6 Å². The summed E-state index contributed by atoms with van der Waals surface area (Å²) >= 11 is 4.52. The lowest BCUT2D eigenvalue weighted by molar-refractivity contribution is -0.00443. The van der Waals surface area contributed by atoms with Gasteiger partial charge in [-0.25, -0.2) is 0 Å². The second-order valence-electron chi connectivity index (χ2n) is 5.79. The maximum atomic E-state index is 4.52. The van der Waals surface area contributed by atoms with Crippen LogP contribution in [-0.4, -0.2) is 5.75 Å². The minimum absolute atomic E-state index is 0.305. The summed E-state index contributed by atoms with van der Waals surface area (Å²) in [4.78, 5) is 0. The van der Waals surface area contributed by atoms with Crippen molar-refractivity contribution in [1.82, 2.24) is 0 Å². The topological polar surface area (TPSA) is 0 Å². The Kier molecular flexibility index (Phi) is 5.04. The van der Waals surface area contributed by atoms with Gasteiger partial charge in [-0.1, -0.05) is 54.9 Å². The molecule has 0 aromatic carbocycles. The van der Waals surface area contributed by atoms with E-state index in [1.165, 1.54) is 6.42 Å². The van der Waals surface area contributed by atoms with Gasteiger partial charge in [0.15, 0.2) is 0 Å². The molecule has 0 saturated heterocycles. The average Bonchev–Trinajstić information content (AvgIpc) is 2.14. The Morgan fingerprint density at radius 3 is 1.71 bits per heavy atom. The molecular formula is C13H28S. The predicted molar refractivity (Wildman–Crippen MR) is 70.0 cm³/mol. The van der Waals surface area contributed by atoms with Crippen LogP contribution in [0.5, 0.6) is 0 Å². The van der Waals surface area contributed by atoms with Crippen molar-refractivity contribution in [2.75, 3.05) is 5.75 Å². The van der Waals surface area contributed by atoms with Crippen molar-refractivity contribution in [1.29, 1.82) is 0 Å². The van der Waals surface area contributed by atoms with Crippen molar-refractivity contribution >= 4 is 12.6 Å². The van der Waals surface area contributed by atoms with E-state index in [2.05, 4.69) is 61.1 Å². The van der Waals surface area contributed by atoms with Gasteiger partial charge in [0.05, 0.1) is 0 Å². The molecule has 0 fully saturated rings. The summed E-state index contributed by atoms with van der Waals surface area (Å²) in [6.45, 7) is 16.5. The molecule has 0 heterocycles. The van der Waals surface area contributed by atoms with Gasteiger partial charge in [0, 0.05) is 0 Å². The molecule has 0 spiro atoms. The highest BCUT2D eigenvalue weighted by Crippen LogP contribution is 2.51. The fourth-order valence-corrected chi connectivity index (χ4v) is 2.95. The maximum Gasteiger partial charge on any atom is -0.00410 e. The second kappa shape index (κ2) is 4.92. The van der Waals surface area contributed by atoms with Gasteiger partial charge >= 0.3 is 0 Å². The fourth-order valence-electron chi connectivity index (χ4n) is 2.61. The van der Waals surface area contributed by atoms with E-state index in [1.807, 2.05) is 0 Å². The summed E-state index contributed by atoms with van der Waals surface area (Å²) < 4.78 is 0. The molecule has 0 aliphatic rings. The first-order chi connectivity index (χ1) is 6.24. The van der Waals surface area contributed by atoms with E-state index in [9.17, 15) is 0 Å². The highest BCUT2D eigenvalue weighted by atomic mass is 32.1. The lowest BCUT2D eigenvalue weighted by atomic mass is 9.55. The molecule has 2 unspecified atom stereocenters. The molecule has 0 aromatic rings. The van der Waals surface area contributed by atoms with Gasteiger partial charge in [0.2, 0.25) is 0 Å². The van der Waals surface area contributed by atoms with Crippen molar-refractivity contribution in [2.45, 2.75) is 54.9 Å². The number of hydrogen-bond donors (Lipinski definition) is 1. The Balaban J connectivity index is 5.09. The van der Waals surface area contributed by atoms with Gasteiger partial charge in [0.25, 0.3) is 0 Å². The van der Waals surface area contributed by atoms with E-state index in [0.717, 1.165) is 11.7 Å². The molecule has 0 rings (SSSR count). The normalized spacial score (nSPS) is 19.5. The van der Waals surface area contributed by atoms with Crippen molar-refractivity contribution in [3.8, 4) is 0 Å². The van der Waals surface area contributed by atoms with Gasteiger partial charge in [0.1, 0.15) is 0 Å². The van der Waals surface area contributed by atoms with E-state index >= 15 is 0 Å². The summed E-state index contributed by atoms with van der Waals surface area (Å²) in [5, 5.41) is 0. The van der Waals surface area contributed by atoms with E-state index in [1.54, 1.807) is 0 Å². The highest BCUT2D eigenvalue weighted by Gasteiger charge is 2.45. The molecule has 0 amide bonds. The first kappa shape index (κ1) is 14.3. The van der Waals surface area contributed by atoms with Crippen LogP contribution in [0.15, 0.2) is 0 Å². The molecule has 0 N–H and O–H groups in total. The van der Waals surface area contributed by atoms with Crippen molar-refractivity contribution in [3.05, 3.63) is 0 Å². The Morgan fingerprint density at radius 1 is 1.07 bits per heavy atom. The van der Waals surface area contributed by atoms with Crippen LogP contribution >= 0.6 is 12.6 Å². The number of thiol groups is 1. The number of hydrogen-bond acceptors (Lipinski definition) is 1. The predicted octanol–water partition coefficient (Wildman–Crippen LogP) is 4.65. The van der Waals surface area contributed by atoms with Crippen LogP contribution in [-0.2, 0) is 0 Å². The molecule has 1 heteroatoms. The summed E-state index contributed by atoms with van der Waals surface area (Å²) in [5.74, 6) is 2.43. The Hall–Kier alpha value is 0.350. The molecule has 86 valence electrons. The lowest BCUT2D eigenvalue weighted by Crippen LogP contribution is -2.45. The quantitative estimate of drug-likeness (QED) is 0.635. The molecule has 0 saturated carbocycles. The Labute approximate surface area is 96.3 Å². The second-order valence-corrected chi connectivity index (χ2v) is 6.10. The van der Waals surface area contributed by atoms with Gasteiger partial charge in [-0.05, 0) is 28.4 Å². The van der Waals surface area contributed by atoms with Crippen molar-refractivity contribution < 1.29 is 0 Å². The zero-order valence-corrected chi connectivity index (χ0v) is 11.9. The third-order valence-corrected chi connectivity index (χ3v) is 5.48. The van der Waals surface area contributed by atoms with Crippen molar-refractivity contribution in [2.24, 2.45) is 22.7 Å². The zero-order chi connectivity index (χ0) is 11.6. The molecule has 0 radical (unpaired) electrons. The Bertz CT molecular complexity index is 172. The largest absolute Gasteiger partial charge is 0.179 e. The molecule has 14 heavy (non-hydrogen) atoms. The van der Waals surface area contributed by atoms with Gasteiger partial charge < -0.3 is 0 Å². The van der Waals surface area contributed by atoms with Gasteiger partial charge in [-0.15, -0.1) is 0 Å². The summed E-state index contributed by atoms with van der Waals surface area (Å²) in [7, 11) is 0. The first-order valence-corrected chi connectivity index (χ1v) is 6.48. The van der Waals surface area contributed by atoms with Crippen LogP contribution in [0.3, 0.4) is 0 Å². The van der Waals surface area contributed by atoms with E-state index in [0.29, 0.717) is 16.7 Å². The molecule has 0 nitrogen and oxygen atoms in total. The third kappa shape index (κ3) is 2.29. The highest BCUT2D eigenvalue weighted by molar-refractivity contribution is 7.80. The third-order valence-electron chi connectivity index (χ3n) is 4.69. The molecule has 2 atom stereocenters. The lowest BCUT2D eigenvalue weighted by Gasteiger charge is -2.51. The van der Waals surface area contributed by atoms with Crippen LogP contribution in [0, 0.1) is 22.7 Å². The number of rotatable bonds is 5. The van der Waals surface area contributed by atoms with Crippen LogP contribution in [0.1, 0.15) is 54.9 Å². The van der Waals surface area contributed by atoms with E-state index in [-0.39, 0.29) is 0 Å². The monoisotopic (exact) mass is 216 g/mol. The molecule has 0 bridgehead atoms. The average molecular weight is 216 g/mol. The SMILES string of the molecule is CCC(C)C(C)(C(C)C)C(C)(C)CS. The smallest absolute Gasteiger partial charge is 0.00410 e. The van der Waals surface area contributed by atoms with Crippen LogP contribution in [0.2, 0.25) is 0 Å². The maximum absolute atomic E-state index is 4.52. The standard InChI is InChI=1S/C13H28S/c1-8-11(4)13(7,10(2)3)12(5,6)9-14/h10-11,14H,8-9H2,1-7H3. The van der Waals surface area contributed by atoms with Crippen LogP contribution in [0.25, 0.3) is 0 Å². The molecule has 0 aromatic heterocycles. The zero-order valence-electron chi connectivity index (χ0n) is 11.0. The Morgan fingerprint density at radius 2 is 1.50 bits per heavy atom. The fraction of sp³-hybridized carbons (Fsp3) is 1.00. The van der Waals surface area contributed by atoms with Crippen LogP contribution in [0.4, 0.5) is 0 Å². The minimum Gasteiger partial charge on any atom is -0.179 e. The first-order valence-electron chi connectivity index (χ1n) is 5.84. The van der Waals surface area contributed by atoms with E-state index in [4.69, 9.17) is 0 Å². The molecular weight excluding hydrogens is 188 g/mol. The summed E-state index contributed by atoms with van der Waals surface area (Å²) in [6, 6.07) is 0. The van der Waals surface area contributed by atoms with E-state index < -0.39 is 0 Å². The molecule has 0 aliphatic carbocycles.